The van der Waals surface area contributed by atoms with Gasteiger partial charge in [-0.25, -0.2) is 13.1 Å². The Balaban J connectivity index is 2.80. The van der Waals surface area contributed by atoms with Crippen LogP contribution in [0.2, 0.25) is 0 Å². The third kappa shape index (κ3) is 4.97. The molecule has 19 heavy (non-hydrogen) atoms. The molecular formula is C13H19NO3S2. The number of sulfonamides is 1. The maximum absolute atomic E-state index is 12.0. The highest BCUT2D eigenvalue weighted by atomic mass is 32.2. The molecule has 0 saturated carbocycles. The first-order chi connectivity index (χ1) is 9.01. The van der Waals surface area contributed by atoms with Crippen molar-refractivity contribution in [2.45, 2.75) is 24.7 Å². The van der Waals surface area contributed by atoms with Crippen molar-refractivity contribution in [3.63, 3.8) is 0 Å². The Bertz CT molecular complexity index is 526. The van der Waals surface area contributed by atoms with E-state index in [1.807, 2.05) is 6.26 Å². The number of nitrogens with one attached hydrogen (secondary N) is 1. The van der Waals surface area contributed by atoms with Crippen LogP contribution in [-0.4, -0.2) is 32.8 Å². The van der Waals surface area contributed by atoms with Crippen LogP contribution in [0.25, 0.3) is 0 Å². The van der Waals surface area contributed by atoms with Crippen molar-refractivity contribution in [2.24, 2.45) is 0 Å². The molecular weight excluding hydrogens is 282 g/mol. The summed E-state index contributed by atoms with van der Waals surface area (Å²) in [6.45, 7) is 2.17. The molecule has 0 spiro atoms. The third-order valence-corrected chi connectivity index (χ3v) is 4.76. The van der Waals surface area contributed by atoms with Gasteiger partial charge in [0.25, 0.3) is 0 Å². The standard InChI is InChI=1S/C13H19NO3S2/c1-3-13(15)11-6-4-7-12(10-11)19(16,17)14-8-5-9-18-2/h4,6-7,10,14H,3,5,8-9H2,1-2H3. The van der Waals surface area contributed by atoms with Crippen LogP contribution in [0.3, 0.4) is 0 Å². The predicted octanol–water partition coefficient (Wildman–Crippen LogP) is 2.31. The number of rotatable bonds is 8. The molecule has 0 fully saturated rings. The molecule has 1 N–H and O–H groups in total. The summed E-state index contributed by atoms with van der Waals surface area (Å²) >= 11 is 1.68. The van der Waals surface area contributed by atoms with Crippen LogP contribution in [0, 0.1) is 0 Å². The summed E-state index contributed by atoms with van der Waals surface area (Å²) in [5.41, 5.74) is 0.439. The lowest BCUT2D eigenvalue weighted by Gasteiger charge is -2.07. The fourth-order valence-corrected chi connectivity index (χ4v) is 3.10. The lowest BCUT2D eigenvalue weighted by Crippen LogP contribution is -2.25. The van der Waals surface area contributed by atoms with Crippen LogP contribution in [0.5, 0.6) is 0 Å². The maximum atomic E-state index is 12.0. The zero-order valence-corrected chi connectivity index (χ0v) is 12.8. The van der Waals surface area contributed by atoms with Gasteiger partial charge in [0.05, 0.1) is 4.90 Å². The number of benzene rings is 1. The Hall–Kier alpha value is -0.850. The molecule has 1 aromatic carbocycles. The second-order valence-electron chi connectivity index (χ2n) is 4.05. The van der Waals surface area contributed by atoms with Gasteiger partial charge >= 0.3 is 0 Å². The Morgan fingerprint density at radius 3 is 2.74 bits per heavy atom. The monoisotopic (exact) mass is 301 g/mol. The third-order valence-electron chi connectivity index (χ3n) is 2.60. The van der Waals surface area contributed by atoms with Gasteiger partial charge in [-0.3, -0.25) is 4.79 Å². The zero-order chi connectivity index (χ0) is 14.3. The normalized spacial score (nSPS) is 11.5. The Morgan fingerprint density at radius 1 is 1.37 bits per heavy atom. The Kier molecular flexibility index (Phi) is 6.54. The van der Waals surface area contributed by atoms with E-state index >= 15 is 0 Å². The summed E-state index contributed by atoms with van der Waals surface area (Å²) in [5, 5.41) is 0. The van der Waals surface area contributed by atoms with Gasteiger partial charge in [-0.05, 0) is 30.6 Å². The smallest absolute Gasteiger partial charge is 0.240 e. The second kappa shape index (κ2) is 7.67. The summed E-state index contributed by atoms with van der Waals surface area (Å²) in [4.78, 5) is 11.7. The average molecular weight is 301 g/mol. The highest BCUT2D eigenvalue weighted by Gasteiger charge is 2.15. The summed E-state index contributed by atoms with van der Waals surface area (Å²) in [5.74, 6) is 0.857. The first kappa shape index (κ1) is 16.2. The topological polar surface area (TPSA) is 63.2 Å². The quantitative estimate of drug-likeness (QED) is 0.591. The van der Waals surface area contributed by atoms with Gasteiger partial charge in [-0.2, -0.15) is 11.8 Å². The van der Waals surface area contributed by atoms with E-state index in [4.69, 9.17) is 0 Å². The van der Waals surface area contributed by atoms with Crippen LogP contribution < -0.4 is 4.72 Å². The molecule has 6 heteroatoms. The van der Waals surface area contributed by atoms with Gasteiger partial charge in [0.15, 0.2) is 5.78 Å². The van der Waals surface area contributed by atoms with Crippen LogP contribution in [0.1, 0.15) is 30.1 Å². The van der Waals surface area contributed by atoms with Gasteiger partial charge in [0.2, 0.25) is 10.0 Å². The maximum Gasteiger partial charge on any atom is 0.240 e. The minimum absolute atomic E-state index is 0.0561. The first-order valence-corrected chi connectivity index (χ1v) is 9.01. The van der Waals surface area contributed by atoms with E-state index in [0.29, 0.717) is 18.5 Å². The number of Topliss-reactive ketones (excluding diaryl/α,β-unsaturated/α-hetero) is 1. The van der Waals surface area contributed by atoms with Crippen molar-refractivity contribution >= 4 is 27.6 Å². The molecule has 0 radical (unpaired) electrons. The molecule has 0 bridgehead atoms. The number of carbonyl (C=O) groups is 1. The fraction of sp³-hybridized carbons (Fsp3) is 0.462. The zero-order valence-electron chi connectivity index (χ0n) is 11.2. The van der Waals surface area contributed by atoms with Gasteiger partial charge in [0.1, 0.15) is 0 Å². The Labute approximate surface area is 119 Å². The molecule has 0 atom stereocenters. The molecule has 1 rings (SSSR count). The van der Waals surface area contributed by atoms with E-state index < -0.39 is 10.0 Å². The second-order valence-corrected chi connectivity index (χ2v) is 6.80. The SMILES string of the molecule is CCC(=O)c1cccc(S(=O)(=O)NCCCSC)c1. The van der Waals surface area contributed by atoms with Gasteiger partial charge in [-0.15, -0.1) is 0 Å². The molecule has 0 heterocycles. The minimum Gasteiger partial charge on any atom is -0.294 e. The summed E-state index contributed by atoms with van der Waals surface area (Å²) in [6.07, 6.45) is 3.13. The molecule has 0 amide bonds. The number of hydrogen-bond donors (Lipinski definition) is 1. The molecule has 0 aliphatic heterocycles. The van der Waals surface area contributed by atoms with Crippen molar-refractivity contribution in [2.75, 3.05) is 18.6 Å². The van der Waals surface area contributed by atoms with Gasteiger partial charge in [0, 0.05) is 18.5 Å². The highest BCUT2D eigenvalue weighted by molar-refractivity contribution is 7.98. The lowest BCUT2D eigenvalue weighted by atomic mass is 10.1. The molecule has 4 nitrogen and oxygen atoms in total. The Morgan fingerprint density at radius 2 is 2.11 bits per heavy atom. The molecule has 0 saturated heterocycles. The summed E-state index contributed by atoms with van der Waals surface area (Å²) in [6, 6.07) is 6.17. The lowest BCUT2D eigenvalue weighted by molar-refractivity contribution is 0.0988. The largest absolute Gasteiger partial charge is 0.294 e. The average Bonchev–Trinajstić information content (AvgIpc) is 2.43. The number of thioether (sulfide) groups is 1. The molecule has 0 unspecified atom stereocenters. The predicted molar refractivity (Wildman–Crippen MR) is 79.3 cm³/mol. The molecule has 0 aliphatic rings. The van der Waals surface area contributed by atoms with Crippen molar-refractivity contribution in [1.82, 2.24) is 4.72 Å². The highest BCUT2D eigenvalue weighted by Crippen LogP contribution is 2.13. The van der Waals surface area contributed by atoms with E-state index in [9.17, 15) is 13.2 Å². The van der Waals surface area contributed by atoms with Gasteiger partial charge < -0.3 is 0 Å². The molecule has 0 aliphatic carbocycles. The van der Waals surface area contributed by atoms with E-state index in [2.05, 4.69) is 4.72 Å². The van der Waals surface area contributed by atoms with E-state index in [1.165, 1.54) is 12.1 Å². The van der Waals surface area contributed by atoms with E-state index in [0.717, 1.165) is 12.2 Å². The van der Waals surface area contributed by atoms with E-state index in [-0.39, 0.29) is 10.7 Å². The fourth-order valence-electron chi connectivity index (χ4n) is 1.55. The summed E-state index contributed by atoms with van der Waals surface area (Å²) in [7, 11) is -3.52. The molecule has 1 aromatic rings. The van der Waals surface area contributed by atoms with Crippen LogP contribution >= 0.6 is 11.8 Å². The first-order valence-electron chi connectivity index (χ1n) is 6.13. The van der Waals surface area contributed by atoms with E-state index in [1.54, 1.807) is 30.8 Å². The van der Waals surface area contributed by atoms with Crippen molar-refractivity contribution in [1.29, 1.82) is 0 Å². The number of carbonyl (C=O) groups excluding carboxylic acids is 1. The van der Waals surface area contributed by atoms with Gasteiger partial charge in [-0.1, -0.05) is 19.1 Å². The number of hydrogen-bond acceptors (Lipinski definition) is 4. The van der Waals surface area contributed by atoms with Crippen LogP contribution in [-0.2, 0) is 10.0 Å². The summed E-state index contributed by atoms with van der Waals surface area (Å²) < 4.78 is 26.6. The molecule has 106 valence electrons. The van der Waals surface area contributed by atoms with Crippen molar-refractivity contribution in [3.8, 4) is 0 Å². The van der Waals surface area contributed by atoms with Crippen LogP contribution in [0.4, 0.5) is 0 Å². The minimum atomic E-state index is -3.52. The number of ketones is 1. The van der Waals surface area contributed by atoms with Crippen molar-refractivity contribution in [3.05, 3.63) is 29.8 Å². The molecule has 0 aromatic heterocycles. The van der Waals surface area contributed by atoms with Crippen molar-refractivity contribution < 1.29 is 13.2 Å². The van der Waals surface area contributed by atoms with Crippen LogP contribution in [0.15, 0.2) is 29.2 Å².